The van der Waals surface area contributed by atoms with Crippen LogP contribution in [0, 0.1) is 5.82 Å². The molecule has 4 N–H and O–H groups in total. The molecular formula is C24H28F2N6O2. The summed E-state index contributed by atoms with van der Waals surface area (Å²) in [5, 5.41) is 2.88. The molecule has 0 spiro atoms. The molecule has 0 aliphatic carbocycles. The van der Waals surface area contributed by atoms with Crippen LogP contribution in [0.1, 0.15) is 55.5 Å². The first kappa shape index (κ1) is 23.6. The normalized spacial score (nSPS) is 20.5. The van der Waals surface area contributed by atoms with Gasteiger partial charge in [-0.3, -0.25) is 14.6 Å². The summed E-state index contributed by atoms with van der Waals surface area (Å²) >= 11 is 0. The second-order valence-corrected chi connectivity index (χ2v) is 8.77. The quantitative estimate of drug-likeness (QED) is 0.496. The van der Waals surface area contributed by atoms with Crippen molar-refractivity contribution in [2.75, 3.05) is 6.54 Å². The monoisotopic (exact) mass is 470 g/mol. The summed E-state index contributed by atoms with van der Waals surface area (Å²) in [6.07, 6.45) is 1.64. The van der Waals surface area contributed by atoms with E-state index < -0.39 is 30.0 Å². The van der Waals surface area contributed by atoms with Gasteiger partial charge < -0.3 is 21.1 Å². The van der Waals surface area contributed by atoms with E-state index in [0.717, 1.165) is 0 Å². The van der Waals surface area contributed by atoms with Crippen molar-refractivity contribution in [1.29, 1.82) is 0 Å². The number of alkyl halides is 1. The Hall–Kier alpha value is -3.53. The number of halogens is 2. The standard InChI is InChI=1S/C24H28F2N6O2/c1-14(2)18-12-27-20(10-19(18)26)23(15-6-4-3-5-7-15)29-24(34)21-8-16(25)13-32(21)22(33)9-17-11-28-31-30-17/h3-7,10-12,14,16,21,23,28,30-31H,8-9,13H2,1-2H3,(H,29,34)/t16-,21+,23?/m1/s1. The molecule has 10 heteroatoms. The van der Waals surface area contributed by atoms with Crippen LogP contribution in [-0.2, 0) is 9.59 Å². The smallest absolute Gasteiger partial charge is 0.243 e. The third kappa shape index (κ3) is 5.17. The molecule has 2 aliphatic heterocycles. The maximum absolute atomic E-state index is 14.8. The number of carbonyl (C=O) groups is 2. The topological polar surface area (TPSA) is 98.4 Å². The number of rotatable bonds is 7. The molecular weight excluding hydrogens is 442 g/mol. The van der Waals surface area contributed by atoms with Crippen molar-refractivity contribution >= 4 is 11.8 Å². The first-order chi connectivity index (χ1) is 16.3. The molecule has 1 aromatic carbocycles. The van der Waals surface area contributed by atoms with Crippen LogP contribution in [0.4, 0.5) is 8.78 Å². The second-order valence-electron chi connectivity index (χ2n) is 8.77. The molecule has 1 fully saturated rings. The van der Waals surface area contributed by atoms with Gasteiger partial charge in [-0.05, 0) is 17.5 Å². The van der Waals surface area contributed by atoms with Crippen LogP contribution in [-0.4, -0.2) is 40.5 Å². The second kappa shape index (κ2) is 10.2. The highest BCUT2D eigenvalue weighted by atomic mass is 19.1. The molecule has 1 saturated heterocycles. The van der Waals surface area contributed by atoms with Crippen molar-refractivity contribution in [2.45, 2.75) is 50.9 Å². The molecule has 0 bridgehead atoms. The van der Waals surface area contributed by atoms with Gasteiger partial charge in [0.05, 0.1) is 30.4 Å². The van der Waals surface area contributed by atoms with Crippen molar-refractivity contribution < 1.29 is 18.4 Å². The summed E-state index contributed by atoms with van der Waals surface area (Å²) in [5.74, 6) is -1.33. The average Bonchev–Trinajstić information content (AvgIpc) is 3.47. The van der Waals surface area contributed by atoms with Crippen molar-refractivity contribution in [3.8, 4) is 0 Å². The van der Waals surface area contributed by atoms with Gasteiger partial charge in [-0.1, -0.05) is 44.2 Å². The van der Waals surface area contributed by atoms with Gasteiger partial charge in [0, 0.05) is 24.4 Å². The van der Waals surface area contributed by atoms with E-state index in [1.807, 2.05) is 19.9 Å². The minimum atomic E-state index is -1.31. The highest BCUT2D eigenvalue weighted by molar-refractivity contribution is 5.89. The lowest BCUT2D eigenvalue weighted by atomic mass is 9.99. The van der Waals surface area contributed by atoms with Crippen molar-refractivity contribution in [3.63, 3.8) is 0 Å². The number of hydrogen-bond acceptors (Lipinski definition) is 6. The van der Waals surface area contributed by atoms with Gasteiger partial charge in [0.2, 0.25) is 11.8 Å². The highest BCUT2D eigenvalue weighted by Crippen LogP contribution is 2.27. The largest absolute Gasteiger partial charge is 0.342 e. The fourth-order valence-electron chi connectivity index (χ4n) is 4.20. The first-order valence-corrected chi connectivity index (χ1v) is 11.2. The molecule has 4 rings (SSSR count). The zero-order valence-electron chi connectivity index (χ0n) is 19.0. The molecule has 180 valence electrons. The Labute approximate surface area is 196 Å². The Morgan fingerprint density at radius 2 is 2.03 bits per heavy atom. The molecule has 2 aliphatic rings. The minimum absolute atomic E-state index is 0.0119. The number of likely N-dealkylation sites (tertiary alicyclic amines) is 1. The van der Waals surface area contributed by atoms with E-state index >= 15 is 0 Å². The van der Waals surface area contributed by atoms with E-state index in [1.165, 1.54) is 17.2 Å². The molecule has 34 heavy (non-hydrogen) atoms. The predicted octanol–water partition coefficient (Wildman–Crippen LogP) is 2.33. The summed E-state index contributed by atoms with van der Waals surface area (Å²) < 4.78 is 29.1. The molecule has 3 heterocycles. The Morgan fingerprint density at radius 1 is 1.26 bits per heavy atom. The number of benzene rings is 1. The molecule has 1 aromatic heterocycles. The molecule has 0 radical (unpaired) electrons. The number of nitrogens with zero attached hydrogens (tertiary/aromatic N) is 2. The van der Waals surface area contributed by atoms with Crippen LogP contribution in [0.25, 0.3) is 0 Å². The zero-order chi connectivity index (χ0) is 24.2. The molecule has 2 amide bonds. The third-order valence-corrected chi connectivity index (χ3v) is 6.00. The van der Waals surface area contributed by atoms with Crippen molar-refractivity contribution in [3.05, 3.63) is 77.1 Å². The lowest BCUT2D eigenvalue weighted by Crippen LogP contribution is -2.47. The van der Waals surface area contributed by atoms with Crippen LogP contribution >= 0.6 is 0 Å². The van der Waals surface area contributed by atoms with Crippen LogP contribution in [0.3, 0.4) is 0 Å². The van der Waals surface area contributed by atoms with E-state index in [2.05, 4.69) is 26.7 Å². The van der Waals surface area contributed by atoms with Gasteiger partial charge in [0.25, 0.3) is 0 Å². The van der Waals surface area contributed by atoms with Gasteiger partial charge in [-0.15, -0.1) is 0 Å². The summed E-state index contributed by atoms with van der Waals surface area (Å²) in [7, 11) is 0. The van der Waals surface area contributed by atoms with Gasteiger partial charge in [-0.2, -0.15) is 5.53 Å². The highest BCUT2D eigenvalue weighted by Gasteiger charge is 2.40. The number of amides is 2. The molecule has 1 unspecified atom stereocenters. The fraction of sp³-hybridized carbons (Fsp3) is 0.375. The molecule has 2 aromatic rings. The first-order valence-electron chi connectivity index (χ1n) is 11.2. The predicted molar refractivity (Wildman–Crippen MR) is 122 cm³/mol. The van der Waals surface area contributed by atoms with E-state index in [0.29, 0.717) is 22.5 Å². The van der Waals surface area contributed by atoms with Gasteiger partial charge >= 0.3 is 0 Å². The molecule has 8 nitrogen and oxygen atoms in total. The lowest BCUT2D eigenvalue weighted by Gasteiger charge is -2.27. The van der Waals surface area contributed by atoms with E-state index in [1.54, 1.807) is 30.5 Å². The lowest BCUT2D eigenvalue weighted by molar-refractivity contribution is -0.138. The van der Waals surface area contributed by atoms with Gasteiger partial charge in [0.15, 0.2) is 0 Å². The van der Waals surface area contributed by atoms with Crippen LogP contribution < -0.4 is 21.7 Å². The Morgan fingerprint density at radius 3 is 2.68 bits per heavy atom. The summed E-state index contributed by atoms with van der Waals surface area (Å²) in [6, 6.07) is 8.63. The van der Waals surface area contributed by atoms with E-state index in [-0.39, 0.29) is 31.2 Å². The van der Waals surface area contributed by atoms with Crippen LogP contribution in [0.5, 0.6) is 0 Å². The van der Waals surface area contributed by atoms with Gasteiger partial charge in [-0.25, -0.2) is 8.78 Å². The number of hydrazine groups is 2. The fourth-order valence-corrected chi connectivity index (χ4v) is 4.20. The van der Waals surface area contributed by atoms with Crippen molar-refractivity contribution in [2.24, 2.45) is 0 Å². The van der Waals surface area contributed by atoms with Crippen LogP contribution in [0.2, 0.25) is 0 Å². The van der Waals surface area contributed by atoms with E-state index in [9.17, 15) is 18.4 Å². The Bertz CT molecular complexity index is 1080. The Balaban J connectivity index is 1.57. The summed E-state index contributed by atoms with van der Waals surface area (Å²) in [5.41, 5.74) is 10.2. The third-order valence-electron chi connectivity index (χ3n) is 6.00. The summed E-state index contributed by atoms with van der Waals surface area (Å²) in [4.78, 5) is 31.8. The maximum Gasteiger partial charge on any atom is 0.243 e. The zero-order valence-corrected chi connectivity index (χ0v) is 19.0. The number of aromatic nitrogens is 1. The molecule has 0 saturated carbocycles. The van der Waals surface area contributed by atoms with Crippen molar-refractivity contribution in [1.82, 2.24) is 31.6 Å². The number of pyridine rings is 1. The van der Waals surface area contributed by atoms with E-state index in [4.69, 9.17) is 0 Å². The van der Waals surface area contributed by atoms with Gasteiger partial charge in [0.1, 0.15) is 18.0 Å². The summed E-state index contributed by atoms with van der Waals surface area (Å²) in [6.45, 7) is 3.59. The average molecular weight is 471 g/mol. The van der Waals surface area contributed by atoms with Crippen LogP contribution in [0.15, 0.2) is 54.5 Å². The minimum Gasteiger partial charge on any atom is -0.342 e. The maximum atomic E-state index is 14.8. The number of nitrogens with one attached hydrogen (secondary N) is 4. The molecule has 3 atom stereocenters. The number of hydrogen-bond donors (Lipinski definition) is 4. The SMILES string of the molecule is CC(C)c1cnc(C(NC(=O)[C@@H]2C[C@@H](F)CN2C(=O)CC2=CNNN2)c2ccccc2)cc1F. The number of carbonyl (C=O) groups excluding carboxylic acids is 2. The Kier molecular flexibility index (Phi) is 7.06.